The predicted octanol–water partition coefficient (Wildman–Crippen LogP) is 2.09. The van der Waals surface area contributed by atoms with Crippen molar-refractivity contribution in [2.75, 3.05) is 13.7 Å². The quantitative estimate of drug-likeness (QED) is 0.696. The number of rotatable bonds is 9. The van der Waals surface area contributed by atoms with E-state index in [2.05, 4.69) is 20.5 Å². The van der Waals surface area contributed by atoms with Gasteiger partial charge in [0.25, 0.3) is 5.56 Å². The highest BCUT2D eigenvalue weighted by Gasteiger charge is 2.12. The van der Waals surface area contributed by atoms with Gasteiger partial charge in [0.2, 0.25) is 5.91 Å². The number of benzene rings is 1. The van der Waals surface area contributed by atoms with Crippen molar-refractivity contribution < 1.29 is 14.3 Å². The average Bonchev–Trinajstić information content (AvgIpc) is 2.64. The maximum atomic E-state index is 12.3. The molecule has 1 amide bonds. The smallest absolute Gasteiger partial charge is 0.273 e. The largest absolute Gasteiger partial charge is 0.493 e. The van der Waals surface area contributed by atoms with E-state index in [9.17, 15) is 9.59 Å². The Morgan fingerprint density at radius 3 is 2.67 bits per heavy atom. The average molecular weight is 374 g/mol. The topological polar surface area (TPSA) is 106 Å². The number of ether oxygens (including phenoxy) is 2. The van der Waals surface area contributed by atoms with Crippen molar-refractivity contribution in [3.63, 3.8) is 0 Å². The number of aromatic nitrogens is 3. The lowest BCUT2D eigenvalue weighted by Gasteiger charge is -2.11. The third-order valence-electron chi connectivity index (χ3n) is 3.70. The molecule has 8 heteroatoms. The van der Waals surface area contributed by atoms with Crippen LogP contribution >= 0.6 is 0 Å². The van der Waals surface area contributed by atoms with Crippen molar-refractivity contribution in [1.29, 1.82) is 0 Å². The van der Waals surface area contributed by atoms with E-state index in [1.54, 1.807) is 25.3 Å². The summed E-state index contributed by atoms with van der Waals surface area (Å²) in [7, 11) is 1.55. The van der Waals surface area contributed by atoms with Gasteiger partial charge in [0.1, 0.15) is 5.69 Å². The van der Waals surface area contributed by atoms with Crippen LogP contribution in [0.1, 0.15) is 39.3 Å². The number of methoxy groups -OCH3 is 1. The van der Waals surface area contributed by atoms with Gasteiger partial charge in [-0.2, -0.15) is 0 Å². The van der Waals surface area contributed by atoms with Crippen molar-refractivity contribution in [3.8, 4) is 22.9 Å². The number of carbonyl (C=O) groups excluding carboxylic acids is 1. The van der Waals surface area contributed by atoms with E-state index in [1.807, 2.05) is 20.8 Å². The Bertz CT molecular complexity index is 833. The first kappa shape index (κ1) is 20.4. The molecule has 0 fully saturated rings. The summed E-state index contributed by atoms with van der Waals surface area (Å²) in [6.07, 6.45) is 1.31. The second-order valence-electron chi connectivity index (χ2n) is 6.39. The maximum Gasteiger partial charge on any atom is 0.273 e. The number of hydrogen-bond acceptors (Lipinski definition) is 6. The first-order valence-corrected chi connectivity index (χ1v) is 9.01. The molecule has 0 saturated heterocycles. The molecule has 0 aliphatic rings. The van der Waals surface area contributed by atoms with Gasteiger partial charge in [0.15, 0.2) is 17.3 Å². The van der Waals surface area contributed by atoms with E-state index in [0.29, 0.717) is 29.5 Å². The lowest BCUT2D eigenvalue weighted by Crippen LogP contribution is -2.31. The molecule has 2 N–H and O–H groups in total. The summed E-state index contributed by atoms with van der Waals surface area (Å²) in [6, 6.07) is 5.35. The lowest BCUT2D eigenvalue weighted by atomic mass is 10.2. The molecule has 0 bridgehead atoms. The van der Waals surface area contributed by atoms with E-state index in [0.717, 1.165) is 6.42 Å². The SMILES string of the molecule is CCCOc1ccc(-c2nnc(CCC(=O)NC(C)C)c(=O)[nH]2)cc1OC. The molecule has 0 unspecified atom stereocenters. The Labute approximate surface area is 158 Å². The normalized spacial score (nSPS) is 10.7. The Morgan fingerprint density at radius 2 is 2.04 bits per heavy atom. The van der Waals surface area contributed by atoms with Gasteiger partial charge in [-0.25, -0.2) is 0 Å². The zero-order valence-electron chi connectivity index (χ0n) is 16.2. The zero-order valence-corrected chi connectivity index (χ0v) is 16.2. The Hall–Kier alpha value is -2.90. The van der Waals surface area contributed by atoms with Gasteiger partial charge in [-0.3, -0.25) is 9.59 Å². The van der Waals surface area contributed by atoms with Crippen LogP contribution in [0.15, 0.2) is 23.0 Å². The van der Waals surface area contributed by atoms with Crippen LogP contribution in [0.25, 0.3) is 11.4 Å². The fourth-order valence-electron chi connectivity index (χ4n) is 2.43. The molecule has 8 nitrogen and oxygen atoms in total. The zero-order chi connectivity index (χ0) is 19.8. The van der Waals surface area contributed by atoms with E-state index in [4.69, 9.17) is 9.47 Å². The summed E-state index contributed by atoms with van der Waals surface area (Å²) in [5.41, 5.74) is 0.527. The predicted molar refractivity (Wildman–Crippen MR) is 102 cm³/mol. The highest BCUT2D eigenvalue weighted by atomic mass is 16.5. The van der Waals surface area contributed by atoms with Crippen molar-refractivity contribution >= 4 is 5.91 Å². The third kappa shape index (κ3) is 5.80. The van der Waals surface area contributed by atoms with Crippen LogP contribution in [0.4, 0.5) is 0 Å². The summed E-state index contributed by atoms with van der Waals surface area (Å²) in [5, 5.41) is 10.8. The highest BCUT2D eigenvalue weighted by Crippen LogP contribution is 2.31. The molecule has 1 aromatic heterocycles. The number of nitrogens with zero attached hydrogens (tertiary/aromatic N) is 2. The van der Waals surface area contributed by atoms with Gasteiger partial charge in [-0.15, -0.1) is 10.2 Å². The van der Waals surface area contributed by atoms with Gasteiger partial charge in [-0.05, 0) is 38.5 Å². The van der Waals surface area contributed by atoms with Crippen LogP contribution in [0.5, 0.6) is 11.5 Å². The monoisotopic (exact) mass is 374 g/mol. The minimum Gasteiger partial charge on any atom is -0.493 e. The number of hydrogen-bond donors (Lipinski definition) is 2. The summed E-state index contributed by atoms with van der Waals surface area (Å²) in [5.74, 6) is 1.39. The van der Waals surface area contributed by atoms with E-state index >= 15 is 0 Å². The van der Waals surface area contributed by atoms with Crippen LogP contribution in [0, 0.1) is 0 Å². The van der Waals surface area contributed by atoms with E-state index < -0.39 is 0 Å². The molecule has 2 rings (SSSR count). The molecule has 0 spiro atoms. The van der Waals surface area contributed by atoms with Crippen molar-refractivity contribution in [1.82, 2.24) is 20.5 Å². The molecule has 1 aromatic carbocycles. The number of amides is 1. The fraction of sp³-hybridized carbons (Fsp3) is 0.474. The Kier molecular flexibility index (Phi) is 7.34. The van der Waals surface area contributed by atoms with Gasteiger partial charge in [-0.1, -0.05) is 6.92 Å². The molecule has 0 aliphatic heterocycles. The maximum absolute atomic E-state index is 12.3. The number of carbonyl (C=O) groups is 1. The van der Waals surface area contributed by atoms with Gasteiger partial charge in [0.05, 0.1) is 13.7 Å². The lowest BCUT2D eigenvalue weighted by molar-refractivity contribution is -0.121. The first-order valence-electron chi connectivity index (χ1n) is 9.01. The second-order valence-corrected chi connectivity index (χ2v) is 6.39. The van der Waals surface area contributed by atoms with E-state index in [-0.39, 0.29) is 36.0 Å². The Morgan fingerprint density at radius 1 is 1.26 bits per heavy atom. The van der Waals surface area contributed by atoms with Crippen LogP contribution in [0.3, 0.4) is 0 Å². The van der Waals surface area contributed by atoms with Crippen LogP contribution < -0.4 is 20.3 Å². The minimum absolute atomic E-state index is 0.0588. The number of H-pyrrole nitrogens is 1. The summed E-state index contributed by atoms with van der Waals surface area (Å²) in [4.78, 5) is 26.7. The van der Waals surface area contributed by atoms with Crippen molar-refractivity contribution in [2.45, 2.75) is 46.1 Å². The molecular formula is C19H26N4O4. The molecule has 146 valence electrons. The van der Waals surface area contributed by atoms with Crippen LogP contribution in [-0.4, -0.2) is 40.8 Å². The molecule has 1 heterocycles. The first-order chi connectivity index (χ1) is 12.9. The molecule has 0 atom stereocenters. The van der Waals surface area contributed by atoms with E-state index in [1.165, 1.54) is 0 Å². The van der Waals surface area contributed by atoms with Gasteiger partial charge < -0.3 is 19.8 Å². The van der Waals surface area contributed by atoms with Crippen molar-refractivity contribution in [3.05, 3.63) is 34.2 Å². The summed E-state index contributed by atoms with van der Waals surface area (Å²) in [6.45, 7) is 6.37. The fourth-order valence-corrected chi connectivity index (χ4v) is 2.43. The molecule has 2 aromatic rings. The number of nitrogens with one attached hydrogen (secondary N) is 2. The van der Waals surface area contributed by atoms with Crippen LogP contribution in [-0.2, 0) is 11.2 Å². The second kappa shape index (κ2) is 9.70. The molecule has 0 saturated carbocycles. The number of aromatic amines is 1. The van der Waals surface area contributed by atoms with Gasteiger partial charge >= 0.3 is 0 Å². The highest BCUT2D eigenvalue weighted by molar-refractivity contribution is 5.76. The minimum atomic E-state index is -0.359. The standard InChI is InChI=1S/C19H26N4O4/c1-5-10-27-15-8-6-13(11-16(15)26-4)18-21-19(25)14(22-23-18)7-9-17(24)20-12(2)3/h6,8,11-12H,5,7,9-10H2,1-4H3,(H,20,24)(H,21,23,25). The number of aryl methyl sites for hydroxylation is 1. The summed E-state index contributed by atoms with van der Waals surface area (Å²) >= 11 is 0. The molecule has 0 aliphatic carbocycles. The molecule has 0 radical (unpaired) electrons. The van der Waals surface area contributed by atoms with Gasteiger partial charge in [0, 0.05) is 24.4 Å². The third-order valence-corrected chi connectivity index (χ3v) is 3.70. The molecule has 27 heavy (non-hydrogen) atoms. The van der Waals surface area contributed by atoms with Crippen molar-refractivity contribution in [2.24, 2.45) is 0 Å². The van der Waals surface area contributed by atoms with Crippen LogP contribution in [0.2, 0.25) is 0 Å². The Balaban J connectivity index is 2.15. The molecular weight excluding hydrogens is 348 g/mol. The summed E-state index contributed by atoms with van der Waals surface area (Å²) < 4.78 is 11.0.